The van der Waals surface area contributed by atoms with Gasteiger partial charge in [-0.25, -0.2) is 4.39 Å². The molecule has 0 amide bonds. The number of fused-ring (bicyclic) bond motifs is 1. The van der Waals surface area contributed by atoms with Gasteiger partial charge in [-0.2, -0.15) is 0 Å². The highest BCUT2D eigenvalue weighted by molar-refractivity contribution is 14.0. The molecule has 8 heteroatoms. The van der Waals surface area contributed by atoms with Gasteiger partial charge in [-0.3, -0.25) is 9.98 Å². The first kappa shape index (κ1) is 24.8. The molecular formula is C25H28FIN4O2. The number of nitrogens with one attached hydrogen (secondary N) is 2. The highest BCUT2D eigenvalue weighted by Crippen LogP contribution is 2.32. The molecule has 0 fully saturated rings. The van der Waals surface area contributed by atoms with E-state index in [0.717, 1.165) is 30.0 Å². The summed E-state index contributed by atoms with van der Waals surface area (Å²) in [6, 6.07) is 18.4. The first-order valence-corrected chi connectivity index (χ1v) is 10.9. The summed E-state index contributed by atoms with van der Waals surface area (Å²) in [7, 11) is 0. The zero-order chi connectivity index (χ0) is 22.0. The Bertz CT molecular complexity index is 1050. The van der Waals surface area contributed by atoms with Crippen LogP contribution >= 0.6 is 24.0 Å². The van der Waals surface area contributed by atoms with Gasteiger partial charge in [0.05, 0.1) is 13.2 Å². The molecule has 0 aliphatic carbocycles. The number of guanidine groups is 1. The van der Waals surface area contributed by atoms with Gasteiger partial charge in [0.25, 0.3) is 0 Å². The van der Waals surface area contributed by atoms with Crippen molar-refractivity contribution < 1.29 is 13.9 Å². The zero-order valence-corrected chi connectivity index (χ0v) is 20.6. The van der Waals surface area contributed by atoms with Crippen LogP contribution in [0.1, 0.15) is 17.7 Å². The fourth-order valence-corrected chi connectivity index (χ4v) is 3.36. The molecule has 2 aromatic carbocycles. The summed E-state index contributed by atoms with van der Waals surface area (Å²) >= 11 is 0. The van der Waals surface area contributed by atoms with Crippen molar-refractivity contribution in [1.29, 1.82) is 0 Å². The number of hydrogen-bond acceptors (Lipinski definition) is 4. The Labute approximate surface area is 210 Å². The van der Waals surface area contributed by atoms with Crippen molar-refractivity contribution in [3.8, 4) is 11.5 Å². The second-order valence-corrected chi connectivity index (χ2v) is 7.41. The molecule has 1 aliphatic rings. The van der Waals surface area contributed by atoms with Crippen LogP contribution in [0, 0.1) is 5.82 Å². The third kappa shape index (κ3) is 7.59. The Morgan fingerprint density at radius 3 is 2.61 bits per heavy atom. The van der Waals surface area contributed by atoms with Crippen molar-refractivity contribution in [1.82, 2.24) is 10.3 Å². The number of nitrogens with zero attached hydrogens (tertiary/aromatic N) is 2. The van der Waals surface area contributed by atoms with Crippen molar-refractivity contribution in [2.75, 3.05) is 31.6 Å². The third-order valence-corrected chi connectivity index (χ3v) is 5.02. The van der Waals surface area contributed by atoms with Crippen LogP contribution < -0.4 is 20.1 Å². The number of aliphatic imine (C=N–C) groups is 1. The largest absolute Gasteiger partial charge is 0.490 e. The van der Waals surface area contributed by atoms with Crippen molar-refractivity contribution >= 4 is 35.6 Å². The SMILES string of the molecule is Fc1ccccc1CCNC(=NCCc1ccccn1)Nc1ccc2c(c1)OCCCO2.I. The Morgan fingerprint density at radius 1 is 0.970 bits per heavy atom. The first-order chi connectivity index (χ1) is 15.8. The zero-order valence-electron chi connectivity index (χ0n) is 18.3. The summed E-state index contributed by atoms with van der Waals surface area (Å²) in [5.41, 5.74) is 2.49. The predicted molar refractivity (Wildman–Crippen MR) is 139 cm³/mol. The van der Waals surface area contributed by atoms with Crippen LogP contribution in [0.4, 0.5) is 10.1 Å². The average Bonchev–Trinajstić information content (AvgIpc) is 3.06. The molecule has 3 aromatic rings. The fraction of sp³-hybridized carbons (Fsp3) is 0.280. The van der Waals surface area contributed by atoms with Crippen LogP contribution in [0.25, 0.3) is 0 Å². The minimum absolute atomic E-state index is 0. The van der Waals surface area contributed by atoms with Crippen LogP contribution in [0.3, 0.4) is 0 Å². The number of hydrogen-bond donors (Lipinski definition) is 2. The van der Waals surface area contributed by atoms with Gasteiger partial charge in [-0.15, -0.1) is 24.0 Å². The Hall–Kier alpha value is -2.88. The lowest BCUT2D eigenvalue weighted by Crippen LogP contribution is -2.33. The van der Waals surface area contributed by atoms with Crippen LogP contribution in [0.5, 0.6) is 11.5 Å². The maximum Gasteiger partial charge on any atom is 0.195 e. The van der Waals surface area contributed by atoms with Crippen LogP contribution in [-0.4, -0.2) is 37.2 Å². The average molecular weight is 562 g/mol. The van der Waals surface area contributed by atoms with E-state index in [9.17, 15) is 4.39 Å². The molecule has 174 valence electrons. The summed E-state index contributed by atoms with van der Waals surface area (Å²) in [6.07, 6.45) is 3.91. The highest BCUT2D eigenvalue weighted by Gasteiger charge is 2.11. The molecule has 0 radical (unpaired) electrons. The van der Waals surface area contributed by atoms with E-state index in [1.807, 2.05) is 42.5 Å². The van der Waals surface area contributed by atoms with Gasteiger partial charge in [0.15, 0.2) is 17.5 Å². The quantitative estimate of drug-likeness (QED) is 0.245. The minimum atomic E-state index is -0.196. The van der Waals surface area contributed by atoms with Gasteiger partial charge in [0.2, 0.25) is 0 Å². The van der Waals surface area contributed by atoms with E-state index in [-0.39, 0.29) is 29.8 Å². The number of ether oxygens (including phenoxy) is 2. The molecule has 0 saturated heterocycles. The van der Waals surface area contributed by atoms with Crippen LogP contribution in [0.2, 0.25) is 0 Å². The lowest BCUT2D eigenvalue weighted by Gasteiger charge is -2.15. The molecule has 0 spiro atoms. The Balaban J connectivity index is 0.00000306. The van der Waals surface area contributed by atoms with E-state index in [1.165, 1.54) is 6.07 Å². The molecule has 0 bridgehead atoms. The van der Waals surface area contributed by atoms with Gasteiger partial charge >= 0.3 is 0 Å². The van der Waals surface area contributed by atoms with Crippen molar-refractivity contribution in [2.45, 2.75) is 19.3 Å². The number of anilines is 1. The number of benzene rings is 2. The first-order valence-electron chi connectivity index (χ1n) is 10.9. The minimum Gasteiger partial charge on any atom is -0.490 e. The van der Waals surface area contributed by atoms with E-state index in [1.54, 1.807) is 18.3 Å². The molecular weight excluding hydrogens is 534 g/mol. The topological polar surface area (TPSA) is 67.8 Å². The molecule has 2 heterocycles. The fourth-order valence-electron chi connectivity index (χ4n) is 3.36. The molecule has 33 heavy (non-hydrogen) atoms. The molecule has 4 rings (SSSR count). The molecule has 0 atom stereocenters. The van der Waals surface area contributed by atoms with Gasteiger partial charge in [-0.1, -0.05) is 24.3 Å². The Morgan fingerprint density at radius 2 is 1.79 bits per heavy atom. The summed E-state index contributed by atoms with van der Waals surface area (Å²) in [4.78, 5) is 9.03. The highest BCUT2D eigenvalue weighted by atomic mass is 127. The van der Waals surface area contributed by atoms with Crippen LogP contribution in [-0.2, 0) is 12.8 Å². The van der Waals surface area contributed by atoms with Gasteiger partial charge in [-0.05, 0) is 42.3 Å². The smallest absolute Gasteiger partial charge is 0.195 e. The number of rotatable bonds is 7. The predicted octanol–water partition coefficient (Wildman–Crippen LogP) is 4.84. The lowest BCUT2D eigenvalue weighted by atomic mass is 10.1. The summed E-state index contributed by atoms with van der Waals surface area (Å²) in [6.45, 7) is 2.39. The molecule has 1 aliphatic heterocycles. The maximum absolute atomic E-state index is 13.9. The van der Waals surface area contributed by atoms with Crippen LogP contribution in [0.15, 0.2) is 71.9 Å². The molecule has 2 N–H and O–H groups in total. The Kier molecular flexibility index (Phi) is 9.74. The van der Waals surface area contributed by atoms with E-state index in [4.69, 9.17) is 9.47 Å². The molecule has 0 unspecified atom stereocenters. The third-order valence-electron chi connectivity index (χ3n) is 5.02. The van der Waals surface area contributed by atoms with E-state index >= 15 is 0 Å². The normalized spacial score (nSPS) is 12.9. The lowest BCUT2D eigenvalue weighted by molar-refractivity contribution is 0.297. The van der Waals surface area contributed by atoms with Gasteiger partial charge < -0.3 is 20.1 Å². The maximum atomic E-state index is 13.9. The van der Waals surface area contributed by atoms with Crippen molar-refractivity contribution in [3.05, 3.63) is 83.9 Å². The molecule has 0 saturated carbocycles. The van der Waals surface area contributed by atoms with E-state index in [2.05, 4.69) is 20.6 Å². The van der Waals surface area contributed by atoms with Crippen molar-refractivity contribution in [2.24, 2.45) is 4.99 Å². The van der Waals surface area contributed by atoms with Gasteiger partial charge in [0.1, 0.15) is 5.82 Å². The van der Waals surface area contributed by atoms with Crippen molar-refractivity contribution in [3.63, 3.8) is 0 Å². The van der Waals surface area contributed by atoms with Gasteiger partial charge in [0, 0.05) is 49.6 Å². The number of halogens is 2. The summed E-state index contributed by atoms with van der Waals surface area (Å²) in [5, 5.41) is 6.63. The molecule has 1 aromatic heterocycles. The second-order valence-electron chi connectivity index (χ2n) is 7.41. The summed E-state index contributed by atoms with van der Waals surface area (Å²) < 4.78 is 25.4. The van der Waals surface area contributed by atoms with E-state index < -0.39 is 0 Å². The number of aromatic nitrogens is 1. The summed E-state index contributed by atoms with van der Waals surface area (Å²) in [5.74, 6) is 1.88. The number of pyridine rings is 1. The van der Waals surface area contributed by atoms with E-state index in [0.29, 0.717) is 50.0 Å². The second kappa shape index (κ2) is 13.0. The monoisotopic (exact) mass is 562 g/mol. The standard InChI is InChI=1S/C25H27FN4O2.HI/c26-22-8-2-1-6-19(22)11-14-28-25(29-15-12-20-7-3-4-13-27-20)30-21-9-10-23-24(18-21)32-17-5-16-31-23;/h1-4,6-10,13,18H,5,11-12,14-17H2,(H2,28,29,30);1H. The molecule has 6 nitrogen and oxygen atoms in total.